The Labute approximate surface area is 216 Å². The highest BCUT2D eigenvalue weighted by molar-refractivity contribution is 7.89. The van der Waals surface area contributed by atoms with E-state index in [0.29, 0.717) is 35.7 Å². The number of fused-ring (bicyclic) bond motifs is 1. The fourth-order valence-electron chi connectivity index (χ4n) is 3.90. The van der Waals surface area contributed by atoms with Crippen LogP contribution in [0.15, 0.2) is 52.4 Å². The van der Waals surface area contributed by atoms with E-state index in [1.54, 1.807) is 0 Å². The largest absolute Gasteiger partial charge is 0.326 e. The van der Waals surface area contributed by atoms with Gasteiger partial charge in [0.15, 0.2) is 4.80 Å². The molecule has 0 aliphatic heterocycles. The van der Waals surface area contributed by atoms with E-state index >= 15 is 0 Å². The summed E-state index contributed by atoms with van der Waals surface area (Å²) in [5, 5.41) is 2.76. The number of rotatable bonds is 9. The lowest BCUT2D eigenvalue weighted by atomic mass is 10.2. The van der Waals surface area contributed by atoms with E-state index in [2.05, 4.69) is 10.3 Å². The van der Waals surface area contributed by atoms with Gasteiger partial charge in [0.05, 0.1) is 15.1 Å². The first kappa shape index (κ1) is 27.8. The molecule has 3 rings (SSSR count). The predicted octanol–water partition coefficient (Wildman–Crippen LogP) is 4.72. The van der Waals surface area contributed by atoms with E-state index in [9.17, 15) is 18.0 Å². The Morgan fingerprint density at radius 2 is 1.64 bits per heavy atom. The van der Waals surface area contributed by atoms with Crippen molar-refractivity contribution in [2.45, 2.75) is 53.0 Å². The third kappa shape index (κ3) is 6.48. The average Bonchev–Trinajstić information content (AvgIpc) is 3.13. The number of benzene rings is 2. The summed E-state index contributed by atoms with van der Waals surface area (Å²) in [6, 6.07) is 11.5. The second kappa shape index (κ2) is 11.5. The molecule has 8 nitrogen and oxygen atoms in total. The summed E-state index contributed by atoms with van der Waals surface area (Å²) in [4.78, 5) is 29.4. The van der Waals surface area contributed by atoms with Crippen LogP contribution in [0, 0.1) is 11.8 Å². The number of nitrogens with zero attached hydrogens (tertiary/aromatic N) is 3. The number of thiazole rings is 1. The standard InChI is InChI=1S/C26H34N4O4S2/c1-7-30-23-13-10-21(27-19(6)31)14-24(23)35-26(30)28-25(32)20-8-11-22(12-9-20)36(33,34)29(15-17(2)3)16-18(4)5/h8-14,17-18H,7,15-16H2,1-6H3,(H,27,31). The van der Waals surface area contributed by atoms with Crippen molar-refractivity contribution in [2.75, 3.05) is 18.4 Å². The lowest BCUT2D eigenvalue weighted by Crippen LogP contribution is -2.37. The fraction of sp³-hybridized carbons (Fsp3) is 0.423. The highest BCUT2D eigenvalue weighted by Crippen LogP contribution is 2.23. The van der Waals surface area contributed by atoms with Gasteiger partial charge in [-0.2, -0.15) is 9.30 Å². The van der Waals surface area contributed by atoms with Gasteiger partial charge in [0.2, 0.25) is 15.9 Å². The first-order chi connectivity index (χ1) is 16.9. The zero-order chi connectivity index (χ0) is 26.6. The first-order valence-corrected chi connectivity index (χ1v) is 14.3. The smallest absolute Gasteiger partial charge is 0.279 e. The van der Waals surface area contributed by atoms with Gasteiger partial charge in [-0.1, -0.05) is 39.0 Å². The minimum Gasteiger partial charge on any atom is -0.326 e. The van der Waals surface area contributed by atoms with Crippen LogP contribution in [0.5, 0.6) is 0 Å². The van der Waals surface area contributed by atoms with Crippen LogP contribution in [0.25, 0.3) is 10.2 Å². The van der Waals surface area contributed by atoms with Gasteiger partial charge in [-0.25, -0.2) is 8.42 Å². The van der Waals surface area contributed by atoms with Crippen molar-refractivity contribution in [1.82, 2.24) is 8.87 Å². The first-order valence-electron chi connectivity index (χ1n) is 12.0. The molecule has 0 radical (unpaired) electrons. The van der Waals surface area contributed by atoms with Gasteiger partial charge in [0.1, 0.15) is 0 Å². The summed E-state index contributed by atoms with van der Waals surface area (Å²) in [5.74, 6) is -0.217. The molecule has 1 aromatic heterocycles. The Balaban J connectivity index is 1.92. The second-order valence-corrected chi connectivity index (χ2v) is 12.5. The molecular formula is C26H34N4O4S2. The van der Waals surface area contributed by atoms with Gasteiger partial charge in [-0.05, 0) is 61.2 Å². The molecular weight excluding hydrogens is 496 g/mol. The number of carbonyl (C=O) groups is 2. The van der Waals surface area contributed by atoms with Crippen molar-refractivity contribution in [3.05, 3.63) is 52.8 Å². The monoisotopic (exact) mass is 530 g/mol. The van der Waals surface area contributed by atoms with Gasteiger partial charge in [-0.15, -0.1) is 0 Å². The van der Waals surface area contributed by atoms with Crippen LogP contribution in [0.4, 0.5) is 5.69 Å². The molecule has 0 spiro atoms. The van der Waals surface area contributed by atoms with E-state index in [4.69, 9.17) is 0 Å². The average molecular weight is 531 g/mol. The molecule has 0 bridgehead atoms. The minimum atomic E-state index is -3.67. The number of nitrogens with one attached hydrogen (secondary N) is 1. The Hall–Kier alpha value is -2.82. The van der Waals surface area contributed by atoms with Crippen molar-refractivity contribution in [1.29, 1.82) is 0 Å². The number of hydrogen-bond donors (Lipinski definition) is 1. The third-order valence-electron chi connectivity index (χ3n) is 5.39. The van der Waals surface area contributed by atoms with Gasteiger partial charge in [0, 0.05) is 37.8 Å². The van der Waals surface area contributed by atoms with E-state index < -0.39 is 15.9 Å². The zero-order valence-corrected chi connectivity index (χ0v) is 23.2. The number of carbonyl (C=O) groups excluding carboxylic acids is 2. The van der Waals surface area contributed by atoms with Gasteiger partial charge in [-0.3, -0.25) is 9.59 Å². The molecule has 2 amide bonds. The van der Waals surface area contributed by atoms with Crippen LogP contribution in [-0.4, -0.2) is 42.2 Å². The van der Waals surface area contributed by atoms with Crippen molar-refractivity contribution in [3.63, 3.8) is 0 Å². The molecule has 0 aliphatic rings. The summed E-state index contributed by atoms with van der Waals surface area (Å²) < 4.78 is 30.8. The Morgan fingerprint density at radius 3 is 2.17 bits per heavy atom. The van der Waals surface area contributed by atoms with Gasteiger partial charge >= 0.3 is 0 Å². The van der Waals surface area contributed by atoms with Crippen LogP contribution < -0.4 is 10.1 Å². The van der Waals surface area contributed by atoms with Crippen molar-refractivity contribution < 1.29 is 18.0 Å². The number of aryl methyl sites for hydroxylation is 1. The summed E-state index contributed by atoms with van der Waals surface area (Å²) in [6.45, 7) is 12.9. The maximum absolute atomic E-state index is 13.2. The van der Waals surface area contributed by atoms with Crippen molar-refractivity contribution in [2.24, 2.45) is 16.8 Å². The molecule has 0 saturated heterocycles. The highest BCUT2D eigenvalue weighted by Gasteiger charge is 2.26. The summed E-state index contributed by atoms with van der Waals surface area (Å²) in [7, 11) is -3.67. The molecule has 3 aromatic rings. The fourth-order valence-corrected chi connectivity index (χ4v) is 6.80. The molecule has 1 N–H and O–H groups in total. The van der Waals surface area contributed by atoms with Crippen LogP contribution >= 0.6 is 11.3 Å². The Morgan fingerprint density at radius 1 is 1.03 bits per heavy atom. The molecule has 0 aliphatic carbocycles. The number of aromatic nitrogens is 1. The summed E-state index contributed by atoms with van der Waals surface area (Å²) in [6.07, 6.45) is 0. The van der Waals surface area contributed by atoms with Crippen molar-refractivity contribution >= 4 is 49.1 Å². The molecule has 1 heterocycles. The number of sulfonamides is 1. The lowest BCUT2D eigenvalue weighted by Gasteiger charge is -2.25. The van der Waals surface area contributed by atoms with Crippen LogP contribution in [0.3, 0.4) is 0 Å². The maximum atomic E-state index is 13.2. The Kier molecular flexibility index (Phi) is 8.86. The lowest BCUT2D eigenvalue weighted by molar-refractivity contribution is -0.114. The zero-order valence-electron chi connectivity index (χ0n) is 21.6. The van der Waals surface area contributed by atoms with Crippen LogP contribution in [0.1, 0.15) is 51.9 Å². The van der Waals surface area contributed by atoms with Gasteiger partial charge < -0.3 is 9.88 Å². The quantitative estimate of drug-likeness (QED) is 0.432. The Bertz CT molecular complexity index is 1410. The molecule has 0 fully saturated rings. The van der Waals surface area contributed by atoms with Crippen molar-refractivity contribution in [3.8, 4) is 0 Å². The second-order valence-electron chi connectivity index (χ2n) is 9.54. The molecule has 10 heteroatoms. The van der Waals surface area contributed by atoms with E-state index in [-0.39, 0.29) is 22.6 Å². The van der Waals surface area contributed by atoms with E-state index in [0.717, 1.165) is 10.2 Å². The van der Waals surface area contributed by atoms with Crippen LogP contribution in [-0.2, 0) is 21.4 Å². The number of anilines is 1. The van der Waals surface area contributed by atoms with Gasteiger partial charge in [0.25, 0.3) is 5.91 Å². The predicted molar refractivity (Wildman–Crippen MR) is 145 cm³/mol. The third-order valence-corrected chi connectivity index (χ3v) is 8.28. The number of hydrogen-bond acceptors (Lipinski definition) is 5. The molecule has 36 heavy (non-hydrogen) atoms. The molecule has 194 valence electrons. The molecule has 0 atom stereocenters. The van der Waals surface area contributed by atoms with E-state index in [1.807, 2.05) is 57.4 Å². The normalized spacial score (nSPS) is 12.8. The molecule has 0 saturated carbocycles. The van der Waals surface area contributed by atoms with Crippen LogP contribution in [0.2, 0.25) is 0 Å². The highest BCUT2D eigenvalue weighted by atomic mass is 32.2. The summed E-state index contributed by atoms with van der Waals surface area (Å²) in [5.41, 5.74) is 1.91. The molecule has 0 unspecified atom stereocenters. The topological polar surface area (TPSA) is 101 Å². The molecule has 2 aromatic carbocycles. The minimum absolute atomic E-state index is 0.156. The summed E-state index contributed by atoms with van der Waals surface area (Å²) >= 11 is 1.36. The SMILES string of the molecule is CCn1c(=NC(=O)c2ccc(S(=O)(=O)N(CC(C)C)CC(C)C)cc2)sc2cc(NC(C)=O)ccc21. The number of amides is 2. The van der Waals surface area contributed by atoms with E-state index in [1.165, 1.54) is 46.8 Å². The maximum Gasteiger partial charge on any atom is 0.279 e.